The van der Waals surface area contributed by atoms with Crippen molar-refractivity contribution in [3.8, 4) is 0 Å². The molecular formula is C52H81N5O13. The monoisotopic (exact) mass is 984 g/mol. The average Bonchev–Trinajstić information content (AvgIpc) is 3.32. The van der Waals surface area contributed by atoms with E-state index >= 15 is 0 Å². The van der Waals surface area contributed by atoms with Crippen molar-refractivity contribution in [2.24, 2.45) is 22.7 Å². The molecule has 0 radical (unpaired) electrons. The van der Waals surface area contributed by atoms with E-state index in [9.17, 15) is 58.2 Å². The number of hydrogen-bond acceptors (Lipinski definition) is 14. The van der Waals surface area contributed by atoms with Crippen LogP contribution in [0, 0.1) is 11.8 Å². The summed E-state index contributed by atoms with van der Waals surface area (Å²) in [6.45, 7) is 5.82. The maximum atomic E-state index is 12.7. The van der Waals surface area contributed by atoms with Gasteiger partial charge in [0.05, 0.1) is 37.4 Å². The van der Waals surface area contributed by atoms with Crippen molar-refractivity contribution in [1.82, 2.24) is 16.0 Å². The van der Waals surface area contributed by atoms with Gasteiger partial charge in [0.1, 0.15) is 24.2 Å². The van der Waals surface area contributed by atoms with E-state index in [0.717, 1.165) is 62.5 Å². The molecule has 392 valence electrons. The van der Waals surface area contributed by atoms with Crippen LogP contribution in [0.3, 0.4) is 0 Å². The minimum Gasteiger partial charge on any atom is -0.481 e. The SMILES string of the molecule is CC(=O)CCCCCCCCCCCCCC(=O)C[C@@H](CCC(=O)N[C@@H](CO)C(=O)CCC(=O)NCC(=O)CCC(=O)NCC(=O)CCCO/N=C(\C)c1ccc(C[C@H](N)C(=O)C(C)C)cc1)C(=O)O. The largest absolute Gasteiger partial charge is 0.481 e. The zero-order chi connectivity index (χ0) is 52.3. The molecule has 70 heavy (non-hydrogen) atoms. The Bertz CT molecular complexity index is 1860. The van der Waals surface area contributed by atoms with Crippen molar-refractivity contribution in [3.63, 3.8) is 0 Å². The van der Waals surface area contributed by atoms with E-state index in [1.807, 2.05) is 38.1 Å². The molecular weight excluding hydrogens is 903 g/mol. The number of aliphatic carboxylic acids is 1. The third-order valence-corrected chi connectivity index (χ3v) is 11.8. The highest BCUT2D eigenvalue weighted by molar-refractivity contribution is 5.98. The number of unbranched alkanes of at least 4 members (excludes halogenated alkanes) is 10. The average molecular weight is 984 g/mol. The van der Waals surface area contributed by atoms with Crippen molar-refractivity contribution >= 4 is 64.1 Å². The summed E-state index contributed by atoms with van der Waals surface area (Å²) >= 11 is 0. The molecule has 0 spiro atoms. The van der Waals surface area contributed by atoms with Crippen LogP contribution in [0.5, 0.6) is 0 Å². The van der Waals surface area contributed by atoms with E-state index in [2.05, 4.69) is 21.1 Å². The number of carbonyl (C=O) groups is 10. The Morgan fingerprint density at radius 1 is 0.629 bits per heavy atom. The van der Waals surface area contributed by atoms with Crippen molar-refractivity contribution in [1.29, 1.82) is 0 Å². The van der Waals surface area contributed by atoms with Crippen molar-refractivity contribution < 1.29 is 63.0 Å². The van der Waals surface area contributed by atoms with E-state index in [1.165, 1.54) is 12.8 Å². The highest BCUT2D eigenvalue weighted by atomic mass is 16.6. The number of rotatable bonds is 43. The number of aliphatic hydroxyl groups is 1. The number of Topliss-reactive ketones (excluding diaryl/α,β-unsaturated/α-hetero) is 6. The lowest BCUT2D eigenvalue weighted by Gasteiger charge is -2.16. The molecule has 0 bridgehead atoms. The molecule has 3 atom stereocenters. The van der Waals surface area contributed by atoms with Gasteiger partial charge in [-0.15, -0.1) is 0 Å². The molecule has 1 aromatic rings. The number of hydrogen-bond donors (Lipinski definition) is 6. The van der Waals surface area contributed by atoms with E-state index in [4.69, 9.17) is 10.6 Å². The molecule has 0 unspecified atom stereocenters. The molecule has 1 rings (SSSR count). The summed E-state index contributed by atoms with van der Waals surface area (Å²) in [6.07, 6.45) is 11.5. The van der Waals surface area contributed by atoms with Crippen LogP contribution >= 0.6 is 0 Å². The molecule has 0 fully saturated rings. The smallest absolute Gasteiger partial charge is 0.306 e. The molecule has 0 aliphatic carbocycles. The Morgan fingerprint density at radius 2 is 1.14 bits per heavy atom. The molecule has 0 aliphatic heterocycles. The number of nitrogens with zero attached hydrogens (tertiary/aromatic N) is 1. The number of ketones is 6. The Kier molecular flexibility index (Phi) is 33.4. The first-order chi connectivity index (χ1) is 33.3. The highest BCUT2D eigenvalue weighted by Gasteiger charge is 2.25. The fourth-order valence-corrected chi connectivity index (χ4v) is 7.38. The van der Waals surface area contributed by atoms with E-state index < -0.39 is 66.4 Å². The maximum Gasteiger partial charge on any atom is 0.306 e. The quantitative estimate of drug-likeness (QED) is 0.0272. The fourth-order valence-electron chi connectivity index (χ4n) is 7.38. The Labute approximate surface area is 413 Å². The number of benzene rings is 1. The second-order valence-corrected chi connectivity index (χ2v) is 18.5. The predicted octanol–water partition coefficient (Wildman–Crippen LogP) is 5.38. The Balaban J connectivity index is 2.23. The fraction of sp³-hybridized carbons (Fsp3) is 0.673. The van der Waals surface area contributed by atoms with E-state index in [0.29, 0.717) is 31.4 Å². The van der Waals surface area contributed by atoms with Crippen LogP contribution in [0.2, 0.25) is 0 Å². The maximum absolute atomic E-state index is 12.7. The summed E-state index contributed by atoms with van der Waals surface area (Å²) in [5.74, 6) is -5.57. The molecule has 7 N–H and O–H groups in total. The molecule has 0 saturated carbocycles. The van der Waals surface area contributed by atoms with Gasteiger partial charge in [-0.2, -0.15) is 0 Å². The molecule has 18 heteroatoms. The van der Waals surface area contributed by atoms with Crippen LogP contribution in [0.4, 0.5) is 0 Å². The van der Waals surface area contributed by atoms with Crippen molar-refractivity contribution in [2.75, 3.05) is 26.3 Å². The lowest BCUT2D eigenvalue weighted by atomic mass is 9.94. The Morgan fingerprint density at radius 3 is 1.67 bits per heavy atom. The summed E-state index contributed by atoms with van der Waals surface area (Å²) < 4.78 is 0. The van der Waals surface area contributed by atoms with Gasteiger partial charge >= 0.3 is 5.97 Å². The summed E-state index contributed by atoms with van der Waals surface area (Å²) in [7, 11) is 0. The van der Waals surface area contributed by atoms with Crippen LogP contribution in [0.15, 0.2) is 29.4 Å². The molecule has 1 aromatic carbocycles. The second kappa shape index (κ2) is 37.4. The molecule has 0 aromatic heterocycles. The zero-order valence-electron chi connectivity index (χ0n) is 42.1. The number of carbonyl (C=O) groups excluding carboxylic acids is 9. The van der Waals surface area contributed by atoms with Gasteiger partial charge in [-0.1, -0.05) is 101 Å². The van der Waals surface area contributed by atoms with E-state index in [1.54, 1.807) is 13.8 Å². The lowest BCUT2D eigenvalue weighted by molar-refractivity contribution is -0.144. The molecule has 0 saturated heterocycles. The summed E-state index contributed by atoms with van der Waals surface area (Å²) in [4.78, 5) is 127. The topological polar surface area (TPSA) is 295 Å². The minimum absolute atomic E-state index is 0.00906. The number of nitrogens with one attached hydrogen (secondary N) is 3. The normalized spacial score (nSPS) is 12.6. The Hall–Kier alpha value is -5.49. The van der Waals surface area contributed by atoms with Gasteiger partial charge in [-0.05, 0) is 57.1 Å². The van der Waals surface area contributed by atoms with Crippen molar-refractivity contribution in [2.45, 2.75) is 187 Å². The predicted molar refractivity (Wildman–Crippen MR) is 265 cm³/mol. The second-order valence-electron chi connectivity index (χ2n) is 18.5. The van der Waals surface area contributed by atoms with E-state index in [-0.39, 0.29) is 100.0 Å². The summed E-state index contributed by atoms with van der Waals surface area (Å²) in [5.41, 5.74) is 8.40. The third kappa shape index (κ3) is 30.9. The van der Waals surface area contributed by atoms with Gasteiger partial charge in [0.25, 0.3) is 0 Å². The number of carboxylic acid groups (broad SMARTS) is 1. The highest BCUT2D eigenvalue weighted by Crippen LogP contribution is 2.17. The number of carboxylic acids is 1. The van der Waals surface area contributed by atoms with Gasteiger partial charge in [-0.3, -0.25) is 43.2 Å². The summed E-state index contributed by atoms with van der Waals surface area (Å²) in [5, 5.41) is 30.6. The first-order valence-electron chi connectivity index (χ1n) is 25.1. The number of aliphatic hydroxyl groups excluding tert-OH is 1. The molecule has 18 nitrogen and oxygen atoms in total. The first-order valence-corrected chi connectivity index (χ1v) is 25.1. The van der Waals surface area contributed by atoms with Gasteiger partial charge in [0, 0.05) is 63.7 Å². The van der Waals surface area contributed by atoms with Crippen molar-refractivity contribution in [3.05, 3.63) is 35.4 Å². The standard InChI is InChI=1S/C52H81N5O13/c1-36(2)51(67)45(53)31-39-20-22-40(23-21-39)38(4)57-70-30-16-19-43(61)33-54-48(64)28-25-44(62)34-55-49(65)29-26-47(63)46(35-58)56-50(66)27-24-41(52(68)69)32-42(60)18-15-13-11-9-7-5-6-8-10-12-14-17-37(3)59/h20-23,36,41,45-46,58H,5-19,24-35,53H2,1-4H3,(H,54,64)(H,55,65)(H,56,66)(H,68,69)/b57-38+/t41-,45+,46+/m1/s1. The molecule has 0 heterocycles. The number of oxime groups is 1. The number of amides is 3. The van der Waals surface area contributed by atoms with Crippen LogP contribution < -0.4 is 21.7 Å². The van der Waals surface area contributed by atoms with Crippen LogP contribution in [0.1, 0.15) is 180 Å². The van der Waals surface area contributed by atoms with Gasteiger partial charge < -0.3 is 41.5 Å². The third-order valence-electron chi connectivity index (χ3n) is 11.8. The number of nitrogens with two attached hydrogens (primary N) is 1. The van der Waals surface area contributed by atoms with Gasteiger partial charge in [0.2, 0.25) is 17.7 Å². The van der Waals surface area contributed by atoms with Gasteiger partial charge in [0.15, 0.2) is 23.1 Å². The molecule has 3 amide bonds. The van der Waals surface area contributed by atoms with Crippen LogP contribution in [0.25, 0.3) is 0 Å². The lowest BCUT2D eigenvalue weighted by Crippen LogP contribution is -2.44. The van der Waals surface area contributed by atoms with Crippen LogP contribution in [-0.2, 0) is 59.2 Å². The zero-order valence-corrected chi connectivity index (χ0v) is 42.1. The molecule has 0 aliphatic rings. The minimum atomic E-state index is -1.34. The first kappa shape index (κ1) is 62.5. The summed E-state index contributed by atoms with van der Waals surface area (Å²) in [6, 6.07) is 5.59. The van der Waals surface area contributed by atoms with Gasteiger partial charge in [-0.25, -0.2) is 0 Å². The van der Waals surface area contributed by atoms with Crippen LogP contribution in [-0.4, -0.2) is 113 Å².